The molecule has 3 heteroatoms. The Hall–Kier alpha value is -1.87. The van der Waals surface area contributed by atoms with Crippen molar-refractivity contribution < 1.29 is 9.13 Å². The lowest BCUT2D eigenvalue weighted by molar-refractivity contribution is 0.272. The normalized spacial score (nSPS) is 12.2. The highest BCUT2D eigenvalue weighted by Gasteiger charge is 2.05. The Bertz CT molecular complexity index is 580. The SMILES string of the molecule is Cc1ccc(OCC(C)NCc2ccc(F)cc2C)cc1. The number of halogens is 1. The first-order valence-electron chi connectivity index (χ1n) is 7.22. The van der Waals surface area contributed by atoms with E-state index in [1.54, 1.807) is 6.07 Å². The van der Waals surface area contributed by atoms with Gasteiger partial charge in [0, 0.05) is 12.6 Å². The van der Waals surface area contributed by atoms with Crippen molar-refractivity contribution in [1.29, 1.82) is 0 Å². The Morgan fingerprint density at radius 1 is 1.10 bits per heavy atom. The summed E-state index contributed by atoms with van der Waals surface area (Å²) in [5.41, 5.74) is 3.30. The van der Waals surface area contributed by atoms with Crippen LogP contribution in [0.5, 0.6) is 5.75 Å². The smallest absolute Gasteiger partial charge is 0.123 e. The summed E-state index contributed by atoms with van der Waals surface area (Å²) in [5.74, 6) is 0.694. The third-order valence-electron chi connectivity index (χ3n) is 3.47. The molecule has 0 bridgehead atoms. The standard InChI is InChI=1S/C18H22FNO/c1-13-4-8-18(9-5-13)21-12-15(3)20-11-16-6-7-17(19)10-14(16)2/h4-10,15,20H,11-12H2,1-3H3. The van der Waals surface area contributed by atoms with Crippen molar-refractivity contribution >= 4 is 0 Å². The average molecular weight is 287 g/mol. The molecule has 2 nitrogen and oxygen atoms in total. The van der Waals surface area contributed by atoms with Gasteiger partial charge in [0.05, 0.1) is 0 Å². The molecule has 0 radical (unpaired) electrons. The molecule has 0 aromatic heterocycles. The van der Waals surface area contributed by atoms with E-state index in [4.69, 9.17) is 4.74 Å². The molecule has 2 aromatic rings. The van der Waals surface area contributed by atoms with Crippen LogP contribution >= 0.6 is 0 Å². The molecule has 1 atom stereocenters. The van der Waals surface area contributed by atoms with Gasteiger partial charge in [-0.15, -0.1) is 0 Å². The summed E-state index contributed by atoms with van der Waals surface area (Å²) in [6.07, 6.45) is 0. The van der Waals surface area contributed by atoms with Gasteiger partial charge in [0.15, 0.2) is 0 Å². The Balaban J connectivity index is 1.79. The summed E-state index contributed by atoms with van der Waals surface area (Å²) in [7, 11) is 0. The van der Waals surface area contributed by atoms with Crippen LogP contribution in [0, 0.1) is 19.7 Å². The van der Waals surface area contributed by atoms with E-state index in [1.807, 2.05) is 37.3 Å². The molecule has 0 saturated carbocycles. The maximum absolute atomic E-state index is 13.0. The molecule has 21 heavy (non-hydrogen) atoms. The minimum Gasteiger partial charge on any atom is -0.492 e. The number of benzene rings is 2. The second-order valence-electron chi connectivity index (χ2n) is 5.48. The fourth-order valence-electron chi connectivity index (χ4n) is 2.06. The molecular formula is C18H22FNO. The monoisotopic (exact) mass is 287 g/mol. The van der Waals surface area contributed by atoms with E-state index in [0.29, 0.717) is 13.2 Å². The highest BCUT2D eigenvalue weighted by atomic mass is 19.1. The van der Waals surface area contributed by atoms with Crippen LogP contribution in [0.25, 0.3) is 0 Å². The summed E-state index contributed by atoms with van der Waals surface area (Å²) >= 11 is 0. The molecule has 0 aliphatic heterocycles. The maximum Gasteiger partial charge on any atom is 0.123 e. The van der Waals surface area contributed by atoms with Crippen LogP contribution in [-0.4, -0.2) is 12.6 Å². The molecule has 2 aromatic carbocycles. The van der Waals surface area contributed by atoms with Crippen LogP contribution in [0.1, 0.15) is 23.6 Å². The molecule has 112 valence electrons. The molecule has 0 heterocycles. The predicted molar refractivity (Wildman–Crippen MR) is 84.1 cm³/mol. The molecule has 0 aliphatic carbocycles. The number of rotatable bonds is 6. The van der Waals surface area contributed by atoms with Gasteiger partial charge in [0.1, 0.15) is 18.2 Å². The predicted octanol–water partition coefficient (Wildman–Crippen LogP) is 4.00. The molecule has 0 amide bonds. The number of ether oxygens (including phenoxy) is 1. The molecule has 1 unspecified atom stereocenters. The van der Waals surface area contributed by atoms with Crippen molar-refractivity contribution in [3.63, 3.8) is 0 Å². The van der Waals surface area contributed by atoms with Crippen molar-refractivity contribution in [1.82, 2.24) is 5.32 Å². The van der Waals surface area contributed by atoms with E-state index in [0.717, 1.165) is 16.9 Å². The van der Waals surface area contributed by atoms with Gasteiger partial charge < -0.3 is 10.1 Å². The van der Waals surface area contributed by atoms with E-state index in [1.165, 1.54) is 11.6 Å². The first-order valence-corrected chi connectivity index (χ1v) is 7.22. The zero-order valence-electron chi connectivity index (χ0n) is 12.8. The molecule has 0 fully saturated rings. The van der Waals surface area contributed by atoms with Crippen LogP contribution in [0.3, 0.4) is 0 Å². The summed E-state index contributed by atoms with van der Waals surface area (Å²) in [5, 5.41) is 3.39. The molecule has 0 aliphatic rings. The van der Waals surface area contributed by atoms with E-state index >= 15 is 0 Å². The van der Waals surface area contributed by atoms with Gasteiger partial charge in [-0.1, -0.05) is 23.8 Å². The Labute approximate surface area is 126 Å². The zero-order valence-corrected chi connectivity index (χ0v) is 12.8. The molecule has 2 rings (SSSR count). The van der Waals surface area contributed by atoms with Gasteiger partial charge in [-0.25, -0.2) is 4.39 Å². The number of hydrogen-bond donors (Lipinski definition) is 1. The van der Waals surface area contributed by atoms with Crippen LogP contribution in [0.4, 0.5) is 4.39 Å². The lowest BCUT2D eigenvalue weighted by Gasteiger charge is -2.16. The quantitative estimate of drug-likeness (QED) is 0.867. The van der Waals surface area contributed by atoms with Crippen molar-refractivity contribution in [2.75, 3.05) is 6.61 Å². The van der Waals surface area contributed by atoms with Crippen molar-refractivity contribution in [2.45, 2.75) is 33.4 Å². The third-order valence-corrected chi connectivity index (χ3v) is 3.47. The van der Waals surface area contributed by atoms with Crippen molar-refractivity contribution in [3.05, 3.63) is 65.0 Å². The first-order chi connectivity index (χ1) is 10.0. The number of nitrogens with one attached hydrogen (secondary N) is 1. The Morgan fingerprint density at radius 3 is 2.48 bits per heavy atom. The fourth-order valence-corrected chi connectivity index (χ4v) is 2.06. The topological polar surface area (TPSA) is 21.3 Å². The molecule has 1 N–H and O–H groups in total. The molecule has 0 spiro atoms. The average Bonchev–Trinajstić information content (AvgIpc) is 2.46. The molecule has 0 saturated heterocycles. The summed E-state index contributed by atoms with van der Waals surface area (Å²) < 4.78 is 18.8. The van der Waals surface area contributed by atoms with Gasteiger partial charge in [-0.3, -0.25) is 0 Å². The van der Waals surface area contributed by atoms with Crippen molar-refractivity contribution in [2.24, 2.45) is 0 Å². The van der Waals surface area contributed by atoms with E-state index in [9.17, 15) is 4.39 Å². The minimum atomic E-state index is -0.188. The highest BCUT2D eigenvalue weighted by Crippen LogP contribution is 2.12. The minimum absolute atomic E-state index is 0.188. The highest BCUT2D eigenvalue weighted by molar-refractivity contribution is 5.27. The van der Waals surface area contributed by atoms with E-state index in [-0.39, 0.29) is 11.9 Å². The summed E-state index contributed by atoms with van der Waals surface area (Å²) in [6, 6.07) is 13.1. The van der Waals surface area contributed by atoms with Crippen molar-refractivity contribution in [3.8, 4) is 5.75 Å². The summed E-state index contributed by atoms with van der Waals surface area (Å²) in [6.45, 7) is 7.37. The largest absolute Gasteiger partial charge is 0.492 e. The van der Waals surface area contributed by atoms with Gasteiger partial charge >= 0.3 is 0 Å². The number of hydrogen-bond acceptors (Lipinski definition) is 2. The molecular weight excluding hydrogens is 265 g/mol. The summed E-state index contributed by atoms with van der Waals surface area (Å²) in [4.78, 5) is 0. The fraction of sp³-hybridized carbons (Fsp3) is 0.333. The zero-order chi connectivity index (χ0) is 15.2. The maximum atomic E-state index is 13.0. The Morgan fingerprint density at radius 2 is 1.81 bits per heavy atom. The third kappa shape index (κ3) is 4.87. The first kappa shape index (κ1) is 15.5. The van der Waals surface area contributed by atoms with Gasteiger partial charge in [-0.2, -0.15) is 0 Å². The lowest BCUT2D eigenvalue weighted by Crippen LogP contribution is -2.31. The van der Waals surface area contributed by atoms with Crippen LogP contribution in [-0.2, 0) is 6.54 Å². The van der Waals surface area contributed by atoms with Gasteiger partial charge in [-0.05, 0) is 56.2 Å². The Kier molecular flexibility index (Phi) is 5.34. The second kappa shape index (κ2) is 7.23. The van der Waals surface area contributed by atoms with Crippen LogP contribution < -0.4 is 10.1 Å². The van der Waals surface area contributed by atoms with Gasteiger partial charge in [0.2, 0.25) is 0 Å². The second-order valence-corrected chi connectivity index (χ2v) is 5.48. The number of aryl methyl sites for hydroxylation is 2. The van der Waals surface area contributed by atoms with Gasteiger partial charge in [0.25, 0.3) is 0 Å². The van der Waals surface area contributed by atoms with E-state index < -0.39 is 0 Å². The van der Waals surface area contributed by atoms with Crippen LogP contribution in [0.2, 0.25) is 0 Å². The lowest BCUT2D eigenvalue weighted by atomic mass is 10.1. The van der Waals surface area contributed by atoms with Crippen LogP contribution in [0.15, 0.2) is 42.5 Å². The van der Waals surface area contributed by atoms with E-state index in [2.05, 4.69) is 19.2 Å².